The van der Waals surface area contributed by atoms with Crippen LogP contribution in [-0.4, -0.2) is 10.9 Å². The molecule has 0 saturated carbocycles. The van der Waals surface area contributed by atoms with E-state index in [2.05, 4.69) is 49.7 Å². The second-order valence-electron chi connectivity index (χ2n) is 6.42. The van der Waals surface area contributed by atoms with E-state index in [0.29, 0.717) is 0 Å². The summed E-state index contributed by atoms with van der Waals surface area (Å²) in [6.07, 6.45) is 3.24. The number of aromatic nitrogens is 1. The number of furan rings is 1. The Morgan fingerprint density at radius 1 is 1.14 bits per heavy atom. The maximum absolute atomic E-state index is 12.6. The molecule has 0 aliphatic heterocycles. The Labute approximate surface area is 180 Å². The number of thiophene rings is 1. The number of nitrogens with one attached hydrogen (secondary N) is 2. The molecule has 1 aromatic carbocycles. The Balaban J connectivity index is 1.72. The van der Waals surface area contributed by atoms with Gasteiger partial charge in [-0.1, -0.05) is 34.1 Å². The lowest BCUT2D eigenvalue weighted by atomic mass is 10.00. The number of amides is 1. The van der Waals surface area contributed by atoms with Crippen LogP contribution in [0, 0.1) is 6.92 Å². The van der Waals surface area contributed by atoms with Crippen LogP contribution in [0.25, 0.3) is 0 Å². The number of benzene rings is 1. The Kier molecular flexibility index (Phi) is 5.78. The largest absolute Gasteiger partial charge is 0.459 e. The van der Waals surface area contributed by atoms with Crippen molar-refractivity contribution in [2.45, 2.75) is 13.0 Å². The highest BCUT2D eigenvalue weighted by Gasteiger charge is 2.22. The molecular weight excluding hydrogens is 450 g/mol. The third kappa shape index (κ3) is 4.58. The number of hydrogen-bond donors (Lipinski definition) is 2. The molecule has 3 aromatic heterocycles. The van der Waals surface area contributed by atoms with Gasteiger partial charge in [0.05, 0.1) is 12.3 Å². The third-order valence-corrected chi connectivity index (χ3v) is 5.84. The summed E-state index contributed by atoms with van der Waals surface area (Å²) in [6.45, 7) is 2.02. The summed E-state index contributed by atoms with van der Waals surface area (Å²) in [7, 11) is 0. The minimum atomic E-state index is -0.273. The fourth-order valence-electron chi connectivity index (χ4n) is 3.01. The molecule has 3 heterocycles. The Morgan fingerprint density at radius 2 is 1.97 bits per heavy atom. The van der Waals surface area contributed by atoms with E-state index in [1.54, 1.807) is 18.3 Å². The highest BCUT2D eigenvalue weighted by atomic mass is 79.9. The molecule has 1 amide bonds. The van der Waals surface area contributed by atoms with E-state index < -0.39 is 0 Å². The van der Waals surface area contributed by atoms with Gasteiger partial charge in [0.2, 0.25) is 0 Å². The standard InChI is InChI=1S/C22H18BrN3O2S/c1-14-13-17(22(29-14)26-21(27)18-5-4-12-28-18)20(15-7-9-16(23)10-8-15)25-19-6-2-3-11-24-19/h2-13,20H,1H3,(H,24,25)(H,26,27)/t20-/m0/s1. The van der Waals surface area contributed by atoms with Crippen LogP contribution >= 0.6 is 27.3 Å². The van der Waals surface area contributed by atoms with Gasteiger partial charge in [0.15, 0.2) is 5.76 Å². The summed E-state index contributed by atoms with van der Waals surface area (Å²) in [5.74, 6) is 0.762. The highest BCUT2D eigenvalue weighted by molar-refractivity contribution is 9.10. The Morgan fingerprint density at radius 3 is 2.66 bits per heavy atom. The van der Waals surface area contributed by atoms with Crippen LogP contribution in [0.4, 0.5) is 10.8 Å². The zero-order chi connectivity index (χ0) is 20.2. The minimum Gasteiger partial charge on any atom is -0.459 e. The number of carbonyl (C=O) groups is 1. The lowest BCUT2D eigenvalue weighted by Gasteiger charge is -2.21. The quantitative estimate of drug-likeness (QED) is 0.351. The second-order valence-corrected chi connectivity index (χ2v) is 8.59. The Bertz CT molecular complexity index is 1090. The summed E-state index contributed by atoms with van der Waals surface area (Å²) >= 11 is 5.03. The number of carbonyl (C=O) groups excluding carboxylic acids is 1. The first-order chi connectivity index (χ1) is 14.1. The first-order valence-electron chi connectivity index (χ1n) is 8.98. The van der Waals surface area contributed by atoms with Gasteiger partial charge in [0.25, 0.3) is 5.91 Å². The van der Waals surface area contributed by atoms with Gasteiger partial charge in [-0.25, -0.2) is 4.98 Å². The van der Waals surface area contributed by atoms with Crippen molar-refractivity contribution >= 4 is 44.0 Å². The summed E-state index contributed by atoms with van der Waals surface area (Å²) in [5, 5.41) is 7.27. The van der Waals surface area contributed by atoms with Gasteiger partial charge in [-0.05, 0) is 55.0 Å². The average Bonchev–Trinajstić information content (AvgIpc) is 3.38. The monoisotopic (exact) mass is 467 g/mol. The fourth-order valence-corrected chi connectivity index (χ4v) is 4.22. The molecule has 29 heavy (non-hydrogen) atoms. The van der Waals surface area contributed by atoms with Gasteiger partial charge in [-0.3, -0.25) is 4.79 Å². The van der Waals surface area contributed by atoms with Crippen LogP contribution in [0.3, 0.4) is 0 Å². The maximum atomic E-state index is 12.6. The predicted octanol–water partition coefficient (Wildman–Crippen LogP) is 6.26. The van der Waals surface area contributed by atoms with Gasteiger partial charge in [0.1, 0.15) is 10.8 Å². The highest BCUT2D eigenvalue weighted by Crippen LogP contribution is 2.37. The van der Waals surface area contributed by atoms with Crippen molar-refractivity contribution in [3.8, 4) is 0 Å². The van der Waals surface area contributed by atoms with Gasteiger partial charge in [0, 0.05) is 21.1 Å². The van der Waals surface area contributed by atoms with Crippen LogP contribution < -0.4 is 10.6 Å². The summed E-state index contributed by atoms with van der Waals surface area (Å²) < 4.78 is 6.24. The first-order valence-corrected chi connectivity index (χ1v) is 10.6. The molecule has 1 atom stereocenters. The van der Waals surface area contributed by atoms with E-state index in [0.717, 1.165) is 31.3 Å². The summed E-state index contributed by atoms with van der Waals surface area (Å²) in [5.41, 5.74) is 2.03. The molecular formula is C22H18BrN3O2S. The lowest BCUT2D eigenvalue weighted by Crippen LogP contribution is -2.16. The van der Waals surface area contributed by atoms with E-state index in [1.165, 1.54) is 17.6 Å². The average molecular weight is 468 g/mol. The van der Waals surface area contributed by atoms with E-state index in [4.69, 9.17) is 4.42 Å². The molecule has 4 aromatic rings. The Hall–Kier alpha value is -2.90. The van der Waals surface area contributed by atoms with Gasteiger partial charge in [-0.15, -0.1) is 11.3 Å². The normalized spacial score (nSPS) is 11.8. The van der Waals surface area contributed by atoms with Crippen molar-refractivity contribution in [1.29, 1.82) is 0 Å². The first kappa shape index (κ1) is 19.4. The van der Waals surface area contributed by atoms with E-state index in [1.807, 2.05) is 37.3 Å². The van der Waals surface area contributed by atoms with Crippen LogP contribution in [0.15, 0.2) is 82.0 Å². The van der Waals surface area contributed by atoms with Crippen molar-refractivity contribution in [2.24, 2.45) is 0 Å². The van der Waals surface area contributed by atoms with Crippen molar-refractivity contribution < 1.29 is 9.21 Å². The molecule has 0 aliphatic rings. The van der Waals surface area contributed by atoms with Crippen molar-refractivity contribution in [3.63, 3.8) is 0 Å². The number of rotatable bonds is 6. The molecule has 0 radical (unpaired) electrons. The zero-order valence-electron chi connectivity index (χ0n) is 15.6. The van der Waals surface area contributed by atoms with Gasteiger partial charge >= 0.3 is 0 Å². The molecule has 0 spiro atoms. The van der Waals surface area contributed by atoms with Crippen molar-refractivity contribution in [1.82, 2.24) is 4.98 Å². The fraction of sp³-hybridized carbons (Fsp3) is 0.0909. The maximum Gasteiger partial charge on any atom is 0.291 e. The number of pyridine rings is 1. The molecule has 0 saturated heterocycles. The number of halogens is 1. The van der Waals surface area contributed by atoms with Crippen LogP contribution in [0.1, 0.15) is 32.6 Å². The second kappa shape index (κ2) is 8.63. The van der Waals surface area contributed by atoms with Crippen molar-refractivity contribution in [2.75, 3.05) is 10.6 Å². The van der Waals surface area contributed by atoms with Gasteiger partial charge in [-0.2, -0.15) is 0 Å². The number of hydrogen-bond acceptors (Lipinski definition) is 5. The molecule has 0 aliphatic carbocycles. The lowest BCUT2D eigenvalue weighted by molar-refractivity contribution is 0.0997. The van der Waals surface area contributed by atoms with Gasteiger partial charge < -0.3 is 15.1 Å². The zero-order valence-corrected chi connectivity index (χ0v) is 18.0. The number of anilines is 2. The van der Waals surface area contributed by atoms with Crippen molar-refractivity contribution in [3.05, 3.63) is 99.4 Å². The summed E-state index contributed by atoms with van der Waals surface area (Å²) in [6, 6.07) is 19.1. The predicted molar refractivity (Wildman–Crippen MR) is 120 cm³/mol. The SMILES string of the molecule is Cc1cc([C@@H](Nc2ccccn2)c2ccc(Br)cc2)c(NC(=O)c2ccco2)s1. The summed E-state index contributed by atoms with van der Waals surface area (Å²) in [4.78, 5) is 18.1. The van der Waals surface area contributed by atoms with E-state index >= 15 is 0 Å². The molecule has 0 fully saturated rings. The van der Waals surface area contributed by atoms with Crippen LogP contribution in [0.5, 0.6) is 0 Å². The molecule has 5 nitrogen and oxygen atoms in total. The minimum absolute atomic E-state index is 0.185. The van der Waals surface area contributed by atoms with Crippen LogP contribution in [0.2, 0.25) is 0 Å². The molecule has 146 valence electrons. The smallest absolute Gasteiger partial charge is 0.291 e. The van der Waals surface area contributed by atoms with E-state index in [-0.39, 0.29) is 17.7 Å². The third-order valence-electron chi connectivity index (χ3n) is 4.33. The van der Waals surface area contributed by atoms with Crippen LogP contribution in [-0.2, 0) is 0 Å². The molecule has 0 bridgehead atoms. The molecule has 4 rings (SSSR count). The molecule has 7 heteroatoms. The topological polar surface area (TPSA) is 67.2 Å². The molecule has 2 N–H and O–H groups in total. The number of aryl methyl sites for hydroxylation is 1. The van der Waals surface area contributed by atoms with E-state index in [9.17, 15) is 4.79 Å². The molecule has 0 unspecified atom stereocenters. The number of nitrogens with zero attached hydrogens (tertiary/aromatic N) is 1.